The van der Waals surface area contributed by atoms with Crippen molar-refractivity contribution in [3.63, 3.8) is 0 Å². The van der Waals surface area contributed by atoms with Crippen LogP contribution in [0.4, 0.5) is 5.69 Å². The smallest absolute Gasteiger partial charge is 0.276 e. The summed E-state index contributed by atoms with van der Waals surface area (Å²) in [5.41, 5.74) is 1.95. The van der Waals surface area contributed by atoms with Crippen LogP contribution in [-0.2, 0) is 11.3 Å². The average Bonchev–Trinajstić information content (AvgIpc) is 3.21. The van der Waals surface area contributed by atoms with E-state index in [1.54, 1.807) is 24.3 Å². The number of hydrogen-bond donors (Lipinski definition) is 1. The highest BCUT2D eigenvalue weighted by Gasteiger charge is 2.30. The number of anilines is 1. The van der Waals surface area contributed by atoms with Gasteiger partial charge in [-0.15, -0.1) is 0 Å². The number of hydrogen-bond acceptors (Lipinski definition) is 8. The average molecular weight is 454 g/mol. The molecule has 1 N–H and O–H groups in total. The number of carbonyl (C=O) groups excluding carboxylic acids is 2. The SMILES string of the molecule is CC1CN(c2c(C=O)nc3c(C(=O)NCc4cccc(C#N)c4)noc3c2Cl)CC(C)O1. The number of rotatable bonds is 5. The van der Waals surface area contributed by atoms with Crippen molar-refractivity contribution in [3.8, 4) is 6.07 Å². The number of halogens is 1. The minimum absolute atomic E-state index is 0.0550. The minimum Gasteiger partial charge on any atom is -0.372 e. The number of ether oxygens (including phenoxy) is 1. The highest BCUT2D eigenvalue weighted by Crippen LogP contribution is 2.37. The van der Waals surface area contributed by atoms with Gasteiger partial charge in [-0.2, -0.15) is 5.26 Å². The molecule has 0 radical (unpaired) electrons. The van der Waals surface area contributed by atoms with Gasteiger partial charge in [0.15, 0.2) is 12.0 Å². The molecule has 2 aromatic heterocycles. The van der Waals surface area contributed by atoms with E-state index in [0.29, 0.717) is 30.6 Å². The second-order valence-corrected chi connectivity index (χ2v) is 8.02. The Morgan fingerprint density at radius 2 is 2.12 bits per heavy atom. The Labute approximate surface area is 188 Å². The second-order valence-electron chi connectivity index (χ2n) is 7.64. The lowest BCUT2D eigenvalue weighted by Gasteiger charge is -2.37. The first-order valence-electron chi connectivity index (χ1n) is 10.0. The number of aldehydes is 1. The summed E-state index contributed by atoms with van der Waals surface area (Å²) in [6.45, 7) is 5.11. The fraction of sp³-hybridized carbons (Fsp3) is 0.318. The molecule has 3 heterocycles. The van der Waals surface area contributed by atoms with Crippen molar-refractivity contribution in [1.82, 2.24) is 15.5 Å². The maximum absolute atomic E-state index is 12.7. The largest absolute Gasteiger partial charge is 0.372 e. The van der Waals surface area contributed by atoms with Gasteiger partial charge < -0.3 is 19.5 Å². The maximum atomic E-state index is 12.7. The Hall–Kier alpha value is -3.48. The van der Waals surface area contributed by atoms with Crippen LogP contribution in [0.1, 0.15) is 46.0 Å². The molecule has 0 bridgehead atoms. The van der Waals surface area contributed by atoms with E-state index < -0.39 is 5.91 Å². The van der Waals surface area contributed by atoms with Crippen LogP contribution in [-0.4, -0.2) is 47.6 Å². The van der Waals surface area contributed by atoms with Crippen LogP contribution in [0.5, 0.6) is 0 Å². The van der Waals surface area contributed by atoms with Gasteiger partial charge in [0.25, 0.3) is 5.91 Å². The first-order chi connectivity index (χ1) is 15.4. The summed E-state index contributed by atoms with van der Waals surface area (Å²) < 4.78 is 11.1. The molecule has 1 aliphatic heterocycles. The molecule has 0 spiro atoms. The van der Waals surface area contributed by atoms with Gasteiger partial charge in [-0.25, -0.2) is 4.98 Å². The minimum atomic E-state index is -0.534. The van der Waals surface area contributed by atoms with E-state index in [4.69, 9.17) is 26.1 Å². The van der Waals surface area contributed by atoms with Gasteiger partial charge >= 0.3 is 0 Å². The molecule has 2 atom stereocenters. The summed E-state index contributed by atoms with van der Waals surface area (Å²) in [5, 5.41) is 15.8. The molecule has 3 aromatic rings. The van der Waals surface area contributed by atoms with E-state index in [0.717, 1.165) is 5.56 Å². The van der Waals surface area contributed by atoms with Gasteiger partial charge in [0.1, 0.15) is 16.2 Å². The van der Waals surface area contributed by atoms with Crippen LogP contribution >= 0.6 is 11.6 Å². The van der Waals surface area contributed by atoms with Crippen LogP contribution in [0.2, 0.25) is 5.02 Å². The van der Waals surface area contributed by atoms with Gasteiger partial charge in [-0.1, -0.05) is 28.9 Å². The first-order valence-corrected chi connectivity index (χ1v) is 10.4. The molecule has 1 amide bonds. The Kier molecular flexibility index (Phi) is 6.08. The molecule has 1 aliphatic rings. The zero-order chi connectivity index (χ0) is 22.8. The van der Waals surface area contributed by atoms with Crippen LogP contribution in [0.15, 0.2) is 28.8 Å². The van der Waals surface area contributed by atoms with Crippen molar-refractivity contribution in [2.45, 2.75) is 32.6 Å². The Balaban J connectivity index is 1.64. The van der Waals surface area contributed by atoms with Crippen LogP contribution in [0, 0.1) is 11.3 Å². The maximum Gasteiger partial charge on any atom is 0.276 e. The molecule has 1 aromatic carbocycles. The molecule has 0 saturated carbocycles. The molecule has 10 heteroatoms. The number of morpholine rings is 1. The Morgan fingerprint density at radius 3 is 2.81 bits per heavy atom. The molecular weight excluding hydrogens is 434 g/mol. The van der Waals surface area contributed by atoms with Crippen molar-refractivity contribution >= 4 is 40.6 Å². The third kappa shape index (κ3) is 4.15. The Bertz CT molecular complexity index is 1230. The number of aromatic nitrogens is 2. The second kappa shape index (κ2) is 8.94. The Morgan fingerprint density at radius 1 is 1.38 bits per heavy atom. The first kappa shape index (κ1) is 21.7. The van der Waals surface area contributed by atoms with E-state index in [-0.39, 0.29) is 46.3 Å². The normalized spacial score (nSPS) is 18.4. The summed E-state index contributed by atoms with van der Waals surface area (Å²) in [5.74, 6) is -0.534. The number of benzene rings is 1. The molecule has 32 heavy (non-hydrogen) atoms. The summed E-state index contributed by atoms with van der Waals surface area (Å²) in [6, 6.07) is 8.93. The lowest BCUT2D eigenvalue weighted by molar-refractivity contribution is -0.00526. The molecule has 0 aliphatic carbocycles. The predicted molar refractivity (Wildman–Crippen MR) is 117 cm³/mol. The number of nitrogens with one attached hydrogen (secondary N) is 1. The van der Waals surface area contributed by atoms with Crippen molar-refractivity contribution in [3.05, 3.63) is 51.8 Å². The molecular formula is C22H20ClN5O4. The summed E-state index contributed by atoms with van der Waals surface area (Å²) in [6.07, 6.45) is 0.495. The van der Waals surface area contributed by atoms with Crippen LogP contribution < -0.4 is 10.2 Å². The highest BCUT2D eigenvalue weighted by molar-refractivity contribution is 6.38. The molecule has 1 saturated heterocycles. The van der Waals surface area contributed by atoms with Gasteiger partial charge in [-0.3, -0.25) is 9.59 Å². The van der Waals surface area contributed by atoms with Crippen molar-refractivity contribution < 1.29 is 18.8 Å². The highest BCUT2D eigenvalue weighted by atomic mass is 35.5. The number of nitrogens with zero attached hydrogens (tertiary/aromatic N) is 4. The number of fused-ring (bicyclic) bond motifs is 1. The third-order valence-electron chi connectivity index (χ3n) is 5.12. The lowest BCUT2D eigenvalue weighted by Crippen LogP contribution is -2.46. The van der Waals surface area contributed by atoms with E-state index >= 15 is 0 Å². The van der Waals surface area contributed by atoms with Crippen molar-refractivity contribution in [1.29, 1.82) is 5.26 Å². The number of nitriles is 1. The summed E-state index contributed by atoms with van der Waals surface area (Å²) in [7, 11) is 0. The van der Waals surface area contributed by atoms with Gasteiger partial charge in [-0.05, 0) is 31.5 Å². The molecule has 9 nitrogen and oxygen atoms in total. The predicted octanol–water partition coefficient (Wildman–Crippen LogP) is 3.10. The monoisotopic (exact) mass is 453 g/mol. The topological polar surface area (TPSA) is 121 Å². The summed E-state index contributed by atoms with van der Waals surface area (Å²) in [4.78, 5) is 30.9. The number of carbonyl (C=O) groups is 2. The summed E-state index contributed by atoms with van der Waals surface area (Å²) >= 11 is 6.60. The van der Waals surface area contributed by atoms with E-state index in [1.165, 1.54) is 0 Å². The van der Waals surface area contributed by atoms with E-state index in [9.17, 15) is 9.59 Å². The lowest BCUT2D eigenvalue weighted by atomic mass is 10.1. The van der Waals surface area contributed by atoms with E-state index in [2.05, 4.69) is 21.5 Å². The zero-order valence-corrected chi connectivity index (χ0v) is 18.2. The quantitative estimate of drug-likeness (QED) is 0.585. The van der Waals surface area contributed by atoms with E-state index in [1.807, 2.05) is 18.7 Å². The van der Waals surface area contributed by atoms with Gasteiger partial charge in [0.05, 0.1) is 29.5 Å². The fourth-order valence-electron chi connectivity index (χ4n) is 3.84. The van der Waals surface area contributed by atoms with Crippen LogP contribution in [0.25, 0.3) is 11.1 Å². The number of pyridine rings is 1. The molecule has 4 rings (SSSR count). The molecule has 1 fully saturated rings. The van der Waals surface area contributed by atoms with Gasteiger partial charge in [0.2, 0.25) is 5.58 Å². The number of amides is 1. The van der Waals surface area contributed by atoms with Crippen molar-refractivity contribution in [2.24, 2.45) is 0 Å². The molecule has 164 valence electrons. The van der Waals surface area contributed by atoms with Gasteiger partial charge in [0, 0.05) is 19.6 Å². The van der Waals surface area contributed by atoms with Crippen LogP contribution in [0.3, 0.4) is 0 Å². The fourth-order valence-corrected chi connectivity index (χ4v) is 4.18. The molecule has 2 unspecified atom stereocenters. The zero-order valence-electron chi connectivity index (χ0n) is 17.5. The standard InChI is InChI=1S/C22H20ClN5O4/c1-12-9-28(10-13(2)31-12)20-16(11-29)26-18-19(27-32-21(18)17(20)23)22(30)25-8-15-5-3-4-14(6-15)7-24/h3-6,11-13H,8-10H2,1-2H3,(H,25,30). The third-order valence-corrected chi connectivity index (χ3v) is 5.47. The van der Waals surface area contributed by atoms with Crippen molar-refractivity contribution in [2.75, 3.05) is 18.0 Å².